The number of nitrogens with one attached hydrogen (secondary N) is 1. The van der Waals surface area contributed by atoms with Crippen molar-refractivity contribution in [2.75, 3.05) is 6.54 Å². The molecular weight excluding hydrogens is 246 g/mol. The number of carbonyl (C=O) groups is 1. The minimum Gasteiger partial charge on any atom is -0.481 e. The van der Waals surface area contributed by atoms with Gasteiger partial charge in [-0.3, -0.25) is 4.79 Å². The van der Waals surface area contributed by atoms with Gasteiger partial charge in [0.1, 0.15) is 0 Å². The third-order valence-electron chi connectivity index (χ3n) is 3.95. The lowest BCUT2D eigenvalue weighted by molar-refractivity contribution is -0.143. The van der Waals surface area contributed by atoms with E-state index in [9.17, 15) is 4.79 Å². The molecule has 2 N–H and O–H groups in total. The third-order valence-corrected chi connectivity index (χ3v) is 4.65. The maximum atomic E-state index is 10.9. The van der Waals surface area contributed by atoms with Gasteiger partial charge < -0.3 is 10.4 Å². The van der Waals surface area contributed by atoms with Gasteiger partial charge in [-0.1, -0.05) is 0 Å². The smallest absolute Gasteiger partial charge is 0.306 e. The Balaban J connectivity index is 1.71. The van der Waals surface area contributed by atoms with Gasteiger partial charge in [0.2, 0.25) is 0 Å². The van der Waals surface area contributed by atoms with Crippen LogP contribution < -0.4 is 5.32 Å². The number of aliphatic carboxylic acids is 1. The predicted octanol–water partition coefficient (Wildman–Crippen LogP) is 3.29. The average Bonchev–Trinajstić information content (AvgIpc) is 2.90. The summed E-state index contributed by atoms with van der Waals surface area (Å²) >= 11 is 1.73. The Labute approximate surface area is 112 Å². The van der Waals surface area contributed by atoms with Gasteiger partial charge in [0.25, 0.3) is 0 Å². The number of carboxylic acids is 1. The monoisotopic (exact) mass is 267 g/mol. The highest BCUT2D eigenvalue weighted by Gasteiger charge is 2.25. The van der Waals surface area contributed by atoms with Gasteiger partial charge in [-0.25, -0.2) is 0 Å². The Morgan fingerprint density at radius 3 is 2.78 bits per heavy atom. The van der Waals surface area contributed by atoms with Gasteiger partial charge >= 0.3 is 5.97 Å². The van der Waals surface area contributed by atoms with Crippen LogP contribution in [0.5, 0.6) is 0 Å². The topological polar surface area (TPSA) is 49.3 Å². The van der Waals surface area contributed by atoms with Crippen molar-refractivity contribution in [1.29, 1.82) is 0 Å². The van der Waals surface area contributed by atoms with Gasteiger partial charge in [-0.2, -0.15) is 11.3 Å². The van der Waals surface area contributed by atoms with Gasteiger partial charge in [0, 0.05) is 6.04 Å². The molecule has 2 rings (SSSR count). The van der Waals surface area contributed by atoms with Crippen LogP contribution in [0.25, 0.3) is 0 Å². The Morgan fingerprint density at radius 2 is 2.22 bits per heavy atom. The highest BCUT2D eigenvalue weighted by atomic mass is 32.1. The van der Waals surface area contributed by atoms with E-state index in [0.717, 1.165) is 32.2 Å². The normalized spacial score (nSPS) is 25.8. The van der Waals surface area contributed by atoms with E-state index < -0.39 is 5.97 Å². The molecule has 0 saturated heterocycles. The maximum Gasteiger partial charge on any atom is 0.306 e. The molecule has 1 saturated carbocycles. The molecule has 0 amide bonds. The lowest BCUT2D eigenvalue weighted by Crippen LogP contribution is -2.30. The van der Waals surface area contributed by atoms with Crippen molar-refractivity contribution < 1.29 is 9.90 Å². The molecule has 0 aliphatic heterocycles. The van der Waals surface area contributed by atoms with E-state index in [2.05, 4.69) is 29.1 Å². The summed E-state index contributed by atoms with van der Waals surface area (Å²) in [6.45, 7) is 3.19. The molecule has 18 heavy (non-hydrogen) atoms. The molecule has 1 aromatic rings. The minimum atomic E-state index is -0.618. The molecule has 0 aromatic carbocycles. The molecule has 0 spiro atoms. The summed E-state index contributed by atoms with van der Waals surface area (Å²) in [4.78, 5) is 10.9. The molecule has 3 nitrogen and oxygen atoms in total. The van der Waals surface area contributed by atoms with Crippen LogP contribution in [-0.4, -0.2) is 17.6 Å². The number of rotatable bonds is 5. The first-order chi connectivity index (χ1) is 8.66. The SMILES string of the molecule is CC(NCC1CCC(C(=O)O)CC1)c1ccsc1. The molecule has 1 atom stereocenters. The fourth-order valence-electron chi connectivity index (χ4n) is 2.60. The second-order valence-corrected chi connectivity index (χ2v) is 6.02. The highest BCUT2D eigenvalue weighted by Crippen LogP contribution is 2.29. The summed E-state index contributed by atoms with van der Waals surface area (Å²) in [6.07, 6.45) is 3.77. The largest absolute Gasteiger partial charge is 0.481 e. The van der Waals surface area contributed by atoms with Crippen LogP contribution in [0.4, 0.5) is 0 Å². The summed E-state index contributed by atoms with van der Waals surface area (Å²) < 4.78 is 0. The van der Waals surface area contributed by atoms with Crippen molar-refractivity contribution in [2.45, 2.75) is 38.6 Å². The molecule has 0 bridgehead atoms. The fraction of sp³-hybridized carbons (Fsp3) is 0.643. The van der Waals surface area contributed by atoms with Crippen molar-refractivity contribution in [3.63, 3.8) is 0 Å². The molecular formula is C14H21NO2S. The molecule has 4 heteroatoms. The zero-order valence-electron chi connectivity index (χ0n) is 10.8. The van der Waals surface area contributed by atoms with Crippen molar-refractivity contribution in [3.05, 3.63) is 22.4 Å². The van der Waals surface area contributed by atoms with Crippen LogP contribution in [0.15, 0.2) is 16.8 Å². The van der Waals surface area contributed by atoms with E-state index in [1.807, 2.05) is 0 Å². The Bertz CT molecular complexity index is 369. The van der Waals surface area contributed by atoms with Crippen LogP contribution in [-0.2, 0) is 4.79 Å². The molecule has 100 valence electrons. The molecule has 1 heterocycles. The zero-order valence-corrected chi connectivity index (χ0v) is 11.6. The van der Waals surface area contributed by atoms with Crippen LogP contribution >= 0.6 is 11.3 Å². The Hall–Kier alpha value is -0.870. The van der Waals surface area contributed by atoms with E-state index in [1.165, 1.54) is 5.56 Å². The van der Waals surface area contributed by atoms with Crippen LogP contribution in [0.2, 0.25) is 0 Å². The van der Waals surface area contributed by atoms with Crippen LogP contribution in [0.1, 0.15) is 44.2 Å². The minimum absolute atomic E-state index is 0.101. The van der Waals surface area contributed by atoms with E-state index >= 15 is 0 Å². The van der Waals surface area contributed by atoms with E-state index in [0.29, 0.717) is 12.0 Å². The highest BCUT2D eigenvalue weighted by molar-refractivity contribution is 7.07. The molecule has 1 aromatic heterocycles. The van der Waals surface area contributed by atoms with Crippen molar-refractivity contribution >= 4 is 17.3 Å². The Kier molecular flexibility index (Phi) is 4.78. The van der Waals surface area contributed by atoms with Gasteiger partial charge in [-0.15, -0.1) is 0 Å². The van der Waals surface area contributed by atoms with E-state index in [1.54, 1.807) is 11.3 Å². The molecule has 1 aliphatic carbocycles. The maximum absolute atomic E-state index is 10.9. The van der Waals surface area contributed by atoms with Gasteiger partial charge in [-0.05, 0) is 67.5 Å². The first-order valence-electron chi connectivity index (χ1n) is 6.65. The van der Waals surface area contributed by atoms with Crippen molar-refractivity contribution in [3.8, 4) is 0 Å². The van der Waals surface area contributed by atoms with Gasteiger partial charge in [0.05, 0.1) is 5.92 Å². The molecule has 1 unspecified atom stereocenters. The first-order valence-corrected chi connectivity index (χ1v) is 7.59. The molecule has 0 radical (unpaired) electrons. The number of thiophene rings is 1. The quantitative estimate of drug-likeness (QED) is 0.860. The summed E-state index contributed by atoms with van der Waals surface area (Å²) in [5.74, 6) is -0.0784. The third kappa shape index (κ3) is 3.56. The summed E-state index contributed by atoms with van der Waals surface area (Å²) in [7, 11) is 0. The van der Waals surface area contributed by atoms with E-state index in [-0.39, 0.29) is 5.92 Å². The first kappa shape index (κ1) is 13.6. The van der Waals surface area contributed by atoms with E-state index in [4.69, 9.17) is 5.11 Å². The number of carboxylic acid groups (broad SMARTS) is 1. The summed E-state index contributed by atoms with van der Waals surface area (Å²) in [5.41, 5.74) is 1.35. The number of hydrogen-bond donors (Lipinski definition) is 2. The standard InChI is InChI=1S/C14H21NO2S/c1-10(13-6-7-18-9-13)15-8-11-2-4-12(5-3-11)14(16)17/h6-7,9-12,15H,2-5,8H2,1H3,(H,16,17). The van der Waals surface area contributed by atoms with Crippen molar-refractivity contribution in [2.24, 2.45) is 11.8 Å². The fourth-order valence-corrected chi connectivity index (χ4v) is 3.35. The molecule has 1 fully saturated rings. The average molecular weight is 267 g/mol. The summed E-state index contributed by atoms with van der Waals surface area (Å²) in [5, 5.41) is 16.8. The molecule has 1 aliphatic rings. The lowest BCUT2D eigenvalue weighted by atomic mass is 9.82. The predicted molar refractivity (Wildman–Crippen MR) is 73.8 cm³/mol. The second kappa shape index (κ2) is 6.34. The van der Waals surface area contributed by atoms with Crippen LogP contribution in [0.3, 0.4) is 0 Å². The van der Waals surface area contributed by atoms with Crippen LogP contribution in [0, 0.1) is 11.8 Å². The lowest BCUT2D eigenvalue weighted by Gasteiger charge is -2.27. The van der Waals surface area contributed by atoms with Gasteiger partial charge in [0.15, 0.2) is 0 Å². The summed E-state index contributed by atoms with van der Waals surface area (Å²) in [6, 6.07) is 2.55. The Morgan fingerprint density at radius 1 is 1.50 bits per heavy atom. The zero-order chi connectivity index (χ0) is 13.0. The van der Waals surface area contributed by atoms with Crippen molar-refractivity contribution in [1.82, 2.24) is 5.32 Å². The number of hydrogen-bond acceptors (Lipinski definition) is 3. The second-order valence-electron chi connectivity index (χ2n) is 5.24.